The van der Waals surface area contributed by atoms with Crippen molar-refractivity contribution in [2.45, 2.75) is 39.2 Å². The van der Waals surface area contributed by atoms with E-state index in [1.165, 1.54) is 37.7 Å². The number of anilines is 2. The van der Waals surface area contributed by atoms with E-state index < -0.39 is 5.82 Å². The first-order valence-electron chi connectivity index (χ1n) is 12.9. The van der Waals surface area contributed by atoms with Crippen LogP contribution in [0.5, 0.6) is 0 Å². The smallest absolute Gasteiger partial charge is 0.229 e. The monoisotopic (exact) mass is 501 g/mol. The Balaban J connectivity index is 1.16. The van der Waals surface area contributed by atoms with Crippen LogP contribution in [0, 0.1) is 11.2 Å². The molecule has 0 bridgehead atoms. The summed E-state index contributed by atoms with van der Waals surface area (Å²) in [6, 6.07) is 5.89. The standard InChI is InChI=1S/C27H32FN9/c1-17(2)24-20-10-19(12-31-25(20)35-36(24)3)23-21(28)13-32-26(34-23)33-22-5-4-18(11-30-22)14-37-15-27(16-37)6-8-29-9-7-27/h4-5,10-13,17,29H,6-9,14-16H2,1-3H3,(H,30,32,33,34). The molecule has 0 radical (unpaired) electrons. The maximum absolute atomic E-state index is 14.8. The van der Waals surface area contributed by atoms with E-state index in [-0.39, 0.29) is 17.6 Å². The molecular weight excluding hydrogens is 469 g/mol. The van der Waals surface area contributed by atoms with Crippen molar-refractivity contribution in [2.75, 3.05) is 31.5 Å². The van der Waals surface area contributed by atoms with Crippen LogP contribution in [-0.4, -0.2) is 60.8 Å². The van der Waals surface area contributed by atoms with Crippen molar-refractivity contribution < 1.29 is 4.39 Å². The normalized spacial score (nSPS) is 17.4. The van der Waals surface area contributed by atoms with Gasteiger partial charge in [-0.2, -0.15) is 5.10 Å². The number of nitrogens with one attached hydrogen (secondary N) is 2. The van der Waals surface area contributed by atoms with E-state index in [2.05, 4.69) is 60.5 Å². The molecule has 192 valence electrons. The van der Waals surface area contributed by atoms with Gasteiger partial charge in [0.1, 0.15) is 11.5 Å². The topological polar surface area (TPSA) is 96.7 Å². The minimum atomic E-state index is -0.508. The summed E-state index contributed by atoms with van der Waals surface area (Å²) in [6.07, 6.45) is 7.21. The molecule has 10 heteroatoms. The number of fused-ring (bicyclic) bond motifs is 1. The molecule has 2 N–H and O–H groups in total. The van der Waals surface area contributed by atoms with Gasteiger partial charge in [-0.3, -0.25) is 9.58 Å². The molecule has 0 atom stereocenters. The fourth-order valence-corrected chi connectivity index (χ4v) is 5.79. The third-order valence-electron chi connectivity index (χ3n) is 7.55. The zero-order chi connectivity index (χ0) is 25.6. The number of pyridine rings is 2. The van der Waals surface area contributed by atoms with Gasteiger partial charge in [0.05, 0.1) is 11.9 Å². The van der Waals surface area contributed by atoms with Crippen molar-refractivity contribution >= 4 is 22.8 Å². The molecule has 0 saturated carbocycles. The first kappa shape index (κ1) is 23.9. The van der Waals surface area contributed by atoms with Crippen LogP contribution in [-0.2, 0) is 13.6 Å². The fraction of sp³-hybridized carbons (Fsp3) is 0.444. The third-order valence-corrected chi connectivity index (χ3v) is 7.55. The number of nitrogens with zero attached hydrogens (tertiary/aromatic N) is 7. The van der Waals surface area contributed by atoms with Gasteiger partial charge < -0.3 is 10.6 Å². The van der Waals surface area contributed by atoms with Crippen LogP contribution in [0.3, 0.4) is 0 Å². The number of piperidine rings is 1. The van der Waals surface area contributed by atoms with E-state index in [4.69, 9.17) is 0 Å². The quantitative estimate of drug-likeness (QED) is 0.409. The van der Waals surface area contributed by atoms with Gasteiger partial charge in [-0.1, -0.05) is 19.9 Å². The van der Waals surface area contributed by atoms with Crippen LogP contribution >= 0.6 is 0 Å². The van der Waals surface area contributed by atoms with Crippen LogP contribution in [0.25, 0.3) is 22.3 Å². The van der Waals surface area contributed by atoms with E-state index >= 15 is 0 Å². The highest BCUT2D eigenvalue weighted by Gasteiger charge is 2.42. The molecule has 2 saturated heterocycles. The number of aryl methyl sites for hydroxylation is 1. The van der Waals surface area contributed by atoms with Crippen LogP contribution in [0.15, 0.2) is 36.8 Å². The van der Waals surface area contributed by atoms with Gasteiger partial charge >= 0.3 is 0 Å². The Kier molecular flexibility index (Phi) is 6.08. The average molecular weight is 502 g/mol. The molecule has 6 heterocycles. The molecule has 4 aromatic rings. The number of likely N-dealkylation sites (tertiary alicyclic amines) is 1. The van der Waals surface area contributed by atoms with E-state index in [0.29, 0.717) is 22.4 Å². The number of hydrogen-bond donors (Lipinski definition) is 2. The number of hydrogen-bond acceptors (Lipinski definition) is 8. The van der Waals surface area contributed by atoms with E-state index in [9.17, 15) is 4.39 Å². The van der Waals surface area contributed by atoms with Crippen LogP contribution in [0.4, 0.5) is 16.2 Å². The molecule has 4 aromatic heterocycles. The lowest BCUT2D eigenvalue weighted by Gasteiger charge is -2.52. The molecule has 0 aromatic carbocycles. The van der Waals surface area contributed by atoms with Crippen LogP contribution in [0.2, 0.25) is 0 Å². The Morgan fingerprint density at radius 2 is 1.89 bits per heavy atom. The summed E-state index contributed by atoms with van der Waals surface area (Å²) in [5, 5.41) is 11.9. The lowest BCUT2D eigenvalue weighted by Crippen LogP contribution is -2.59. The van der Waals surface area contributed by atoms with Gasteiger partial charge in [0.2, 0.25) is 5.95 Å². The molecule has 0 amide bonds. The molecule has 9 nitrogen and oxygen atoms in total. The molecule has 1 spiro atoms. The molecular formula is C27H32FN9. The Labute approximate surface area is 215 Å². The lowest BCUT2D eigenvalue weighted by molar-refractivity contribution is -0.0282. The summed E-state index contributed by atoms with van der Waals surface area (Å²) in [6.45, 7) is 9.71. The maximum Gasteiger partial charge on any atom is 0.229 e. The molecule has 2 aliphatic heterocycles. The number of halogens is 1. The van der Waals surface area contributed by atoms with E-state index in [0.717, 1.165) is 30.7 Å². The second kappa shape index (κ2) is 9.42. The van der Waals surface area contributed by atoms with Gasteiger partial charge in [-0.15, -0.1) is 0 Å². The summed E-state index contributed by atoms with van der Waals surface area (Å²) in [4.78, 5) is 20.1. The molecule has 2 fully saturated rings. The lowest BCUT2D eigenvalue weighted by atomic mass is 9.72. The fourth-order valence-electron chi connectivity index (χ4n) is 5.79. The minimum Gasteiger partial charge on any atom is -0.317 e. The van der Waals surface area contributed by atoms with Gasteiger partial charge in [0.15, 0.2) is 11.5 Å². The van der Waals surface area contributed by atoms with Gasteiger partial charge in [0, 0.05) is 50.0 Å². The number of rotatable bonds is 6. The molecule has 6 rings (SSSR count). The summed E-state index contributed by atoms with van der Waals surface area (Å²) < 4.78 is 16.6. The Hall–Kier alpha value is -3.50. The van der Waals surface area contributed by atoms with Crippen molar-refractivity contribution in [3.05, 3.63) is 53.9 Å². The van der Waals surface area contributed by atoms with Gasteiger partial charge in [-0.25, -0.2) is 24.3 Å². The minimum absolute atomic E-state index is 0.187. The average Bonchev–Trinajstić information content (AvgIpc) is 3.21. The molecule has 37 heavy (non-hydrogen) atoms. The first-order chi connectivity index (χ1) is 17.9. The zero-order valence-electron chi connectivity index (χ0n) is 21.5. The molecule has 0 unspecified atom stereocenters. The highest BCUT2D eigenvalue weighted by Crippen LogP contribution is 2.39. The van der Waals surface area contributed by atoms with Crippen molar-refractivity contribution in [1.29, 1.82) is 0 Å². The second-order valence-corrected chi connectivity index (χ2v) is 10.7. The van der Waals surface area contributed by atoms with Crippen LogP contribution < -0.4 is 10.6 Å². The first-order valence-corrected chi connectivity index (χ1v) is 12.9. The predicted octanol–water partition coefficient (Wildman–Crippen LogP) is 4.01. The second-order valence-electron chi connectivity index (χ2n) is 10.7. The van der Waals surface area contributed by atoms with Crippen molar-refractivity contribution in [3.63, 3.8) is 0 Å². The van der Waals surface area contributed by atoms with Crippen molar-refractivity contribution in [3.8, 4) is 11.3 Å². The van der Waals surface area contributed by atoms with E-state index in [1.54, 1.807) is 6.20 Å². The Morgan fingerprint density at radius 3 is 2.62 bits per heavy atom. The summed E-state index contributed by atoms with van der Waals surface area (Å²) in [7, 11) is 1.90. The predicted molar refractivity (Wildman–Crippen MR) is 141 cm³/mol. The largest absolute Gasteiger partial charge is 0.317 e. The highest BCUT2D eigenvalue weighted by atomic mass is 19.1. The summed E-state index contributed by atoms with van der Waals surface area (Å²) >= 11 is 0. The van der Waals surface area contributed by atoms with Gasteiger partial charge in [-0.05, 0) is 55.0 Å². The maximum atomic E-state index is 14.8. The summed E-state index contributed by atoms with van der Waals surface area (Å²) in [5.74, 6) is 0.636. The molecule has 0 aliphatic carbocycles. The molecule has 2 aliphatic rings. The summed E-state index contributed by atoms with van der Waals surface area (Å²) in [5.41, 5.74) is 4.14. The number of aromatic nitrogens is 6. The highest BCUT2D eigenvalue weighted by molar-refractivity contribution is 5.83. The van der Waals surface area contributed by atoms with Gasteiger partial charge in [0.25, 0.3) is 0 Å². The SMILES string of the molecule is CC(C)c1c2cc(-c3nc(Nc4ccc(CN5CC6(CCNCC6)C5)cn4)ncc3F)cnc2nn1C. The van der Waals surface area contributed by atoms with Crippen molar-refractivity contribution in [2.24, 2.45) is 12.5 Å². The Morgan fingerprint density at radius 1 is 1.08 bits per heavy atom. The van der Waals surface area contributed by atoms with Crippen molar-refractivity contribution in [1.82, 2.24) is 39.9 Å². The third kappa shape index (κ3) is 4.67. The Bertz CT molecular complexity index is 1420. The van der Waals surface area contributed by atoms with E-state index in [1.807, 2.05) is 30.1 Å². The zero-order valence-corrected chi connectivity index (χ0v) is 21.5. The van der Waals surface area contributed by atoms with Crippen LogP contribution in [0.1, 0.15) is 43.9 Å².